The zero-order chi connectivity index (χ0) is 10.5. The van der Waals surface area contributed by atoms with E-state index in [-0.39, 0.29) is 6.54 Å². The lowest BCUT2D eigenvalue weighted by atomic mass is 10.3. The first-order chi connectivity index (χ1) is 5.85. The molecule has 0 fully saturated rings. The number of likely N-dealkylation sites (N-methyl/N-ethyl adjacent to an activating group) is 2. The fourth-order valence-corrected chi connectivity index (χ4v) is 1.05. The number of hydrogen-bond donors (Lipinski definition) is 1. The summed E-state index contributed by atoms with van der Waals surface area (Å²) >= 11 is 0. The maximum Gasteiger partial charge on any atom is 0.401 e. The molecule has 0 aliphatic heterocycles. The lowest BCUT2D eigenvalue weighted by Gasteiger charge is -2.19. The number of nitrogens with one attached hydrogen (secondary N) is 1. The summed E-state index contributed by atoms with van der Waals surface area (Å²) in [4.78, 5) is 1.19. The highest BCUT2D eigenvalue weighted by Crippen LogP contribution is 2.15. The molecule has 2 nitrogen and oxygen atoms in total. The first-order valence-electron chi connectivity index (χ1n) is 3.91. The van der Waals surface area contributed by atoms with Crippen molar-refractivity contribution in [2.75, 3.05) is 33.7 Å². The van der Waals surface area contributed by atoms with Gasteiger partial charge >= 0.3 is 6.18 Å². The SMILES string of the molecule is C=C(CNC)CN(C)CC(F)(F)F. The summed E-state index contributed by atoms with van der Waals surface area (Å²) in [6.07, 6.45) is -4.13. The average Bonchev–Trinajstić information content (AvgIpc) is 1.81. The summed E-state index contributed by atoms with van der Waals surface area (Å²) < 4.78 is 35.6. The molecule has 0 spiro atoms. The number of halogens is 3. The maximum absolute atomic E-state index is 11.9. The molecule has 0 aliphatic carbocycles. The second-order valence-electron chi connectivity index (χ2n) is 3.07. The van der Waals surface area contributed by atoms with Gasteiger partial charge in [-0.1, -0.05) is 6.58 Å². The molecule has 0 aliphatic rings. The second-order valence-corrected chi connectivity index (χ2v) is 3.07. The summed E-state index contributed by atoms with van der Waals surface area (Å²) in [6, 6.07) is 0. The van der Waals surface area contributed by atoms with Gasteiger partial charge in [0.15, 0.2) is 0 Å². The third-order valence-electron chi connectivity index (χ3n) is 1.37. The first-order valence-corrected chi connectivity index (χ1v) is 3.91. The van der Waals surface area contributed by atoms with Gasteiger partial charge in [-0.05, 0) is 19.7 Å². The summed E-state index contributed by atoms with van der Waals surface area (Å²) in [5.41, 5.74) is 0.745. The van der Waals surface area contributed by atoms with Crippen LogP contribution in [0.4, 0.5) is 13.2 Å². The highest BCUT2D eigenvalue weighted by atomic mass is 19.4. The summed E-state index contributed by atoms with van der Waals surface area (Å²) in [5.74, 6) is 0. The second kappa shape index (κ2) is 5.24. The fourth-order valence-electron chi connectivity index (χ4n) is 1.05. The van der Waals surface area contributed by atoms with E-state index < -0.39 is 12.7 Å². The number of alkyl halides is 3. The Labute approximate surface area is 76.4 Å². The predicted octanol–water partition coefficient (Wildman–Crippen LogP) is 1.26. The van der Waals surface area contributed by atoms with Crippen molar-refractivity contribution in [1.82, 2.24) is 10.2 Å². The number of hydrogen-bond acceptors (Lipinski definition) is 2. The smallest absolute Gasteiger partial charge is 0.316 e. The van der Waals surface area contributed by atoms with Crippen LogP contribution in [0, 0.1) is 0 Å². The molecule has 0 heterocycles. The van der Waals surface area contributed by atoms with Crippen molar-refractivity contribution in [2.24, 2.45) is 0 Å². The molecule has 0 bridgehead atoms. The normalized spacial score (nSPS) is 12.2. The average molecular weight is 196 g/mol. The van der Waals surface area contributed by atoms with Crippen LogP contribution in [0.2, 0.25) is 0 Å². The van der Waals surface area contributed by atoms with Crippen LogP contribution in [0.3, 0.4) is 0 Å². The lowest BCUT2D eigenvalue weighted by Crippen LogP contribution is -2.33. The van der Waals surface area contributed by atoms with Crippen LogP contribution >= 0.6 is 0 Å². The van der Waals surface area contributed by atoms with Crippen molar-refractivity contribution >= 4 is 0 Å². The van der Waals surface area contributed by atoms with E-state index in [1.54, 1.807) is 7.05 Å². The number of rotatable bonds is 5. The van der Waals surface area contributed by atoms with Gasteiger partial charge in [0.25, 0.3) is 0 Å². The third kappa shape index (κ3) is 7.80. The van der Waals surface area contributed by atoms with E-state index in [1.165, 1.54) is 11.9 Å². The van der Waals surface area contributed by atoms with Crippen LogP contribution in [0.5, 0.6) is 0 Å². The zero-order valence-corrected chi connectivity index (χ0v) is 7.91. The standard InChI is InChI=1S/C8H15F3N2/c1-7(4-12-2)5-13(3)6-8(9,10)11/h12H,1,4-6H2,2-3H3. The largest absolute Gasteiger partial charge is 0.401 e. The number of nitrogens with zero attached hydrogens (tertiary/aromatic N) is 1. The zero-order valence-electron chi connectivity index (χ0n) is 7.91. The van der Waals surface area contributed by atoms with Crippen LogP contribution in [0.25, 0.3) is 0 Å². The Morgan fingerprint density at radius 1 is 1.46 bits per heavy atom. The van der Waals surface area contributed by atoms with Crippen LogP contribution < -0.4 is 5.32 Å². The van der Waals surface area contributed by atoms with Crippen LogP contribution in [-0.2, 0) is 0 Å². The summed E-state index contributed by atoms with van der Waals surface area (Å²) in [6.45, 7) is 3.56. The molecular formula is C8H15F3N2. The lowest BCUT2D eigenvalue weighted by molar-refractivity contribution is -0.142. The molecule has 1 N–H and O–H groups in total. The molecule has 0 saturated heterocycles. The van der Waals surface area contributed by atoms with E-state index in [9.17, 15) is 13.2 Å². The van der Waals surface area contributed by atoms with Crippen molar-refractivity contribution in [3.63, 3.8) is 0 Å². The van der Waals surface area contributed by atoms with E-state index in [1.807, 2.05) is 0 Å². The molecular weight excluding hydrogens is 181 g/mol. The summed E-state index contributed by atoms with van der Waals surface area (Å²) in [5, 5.41) is 2.83. The quantitative estimate of drug-likeness (QED) is 0.666. The Hall–Kier alpha value is -0.550. The van der Waals surface area contributed by atoms with E-state index in [0.717, 1.165) is 5.57 Å². The fraction of sp³-hybridized carbons (Fsp3) is 0.750. The van der Waals surface area contributed by atoms with Gasteiger partial charge in [-0.25, -0.2) is 0 Å². The monoisotopic (exact) mass is 196 g/mol. The molecule has 0 aromatic rings. The first kappa shape index (κ1) is 12.4. The van der Waals surface area contributed by atoms with Crippen LogP contribution in [0.1, 0.15) is 0 Å². The van der Waals surface area contributed by atoms with Crippen LogP contribution in [-0.4, -0.2) is 44.8 Å². The van der Waals surface area contributed by atoms with Gasteiger partial charge in [0.2, 0.25) is 0 Å². The van der Waals surface area contributed by atoms with Gasteiger partial charge < -0.3 is 5.32 Å². The van der Waals surface area contributed by atoms with E-state index in [0.29, 0.717) is 6.54 Å². The van der Waals surface area contributed by atoms with Gasteiger partial charge in [0.1, 0.15) is 0 Å². The molecule has 0 atom stereocenters. The van der Waals surface area contributed by atoms with Crippen molar-refractivity contribution in [1.29, 1.82) is 0 Å². The van der Waals surface area contributed by atoms with Crippen molar-refractivity contribution in [3.8, 4) is 0 Å². The molecule has 0 amide bonds. The van der Waals surface area contributed by atoms with Crippen molar-refractivity contribution in [3.05, 3.63) is 12.2 Å². The van der Waals surface area contributed by atoms with Crippen LogP contribution in [0.15, 0.2) is 12.2 Å². The van der Waals surface area contributed by atoms with Gasteiger partial charge in [-0.3, -0.25) is 4.90 Å². The van der Waals surface area contributed by atoms with Gasteiger partial charge in [-0.15, -0.1) is 0 Å². The molecule has 0 aromatic heterocycles. The summed E-state index contributed by atoms with van der Waals surface area (Å²) in [7, 11) is 3.16. The molecule has 78 valence electrons. The molecule has 0 rings (SSSR count). The molecule has 0 unspecified atom stereocenters. The molecule has 0 aromatic carbocycles. The van der Waals surface area contributed by atoms with E-state index in [2.05, 4.69) is 11.9 Å². The van der Waals surface area contributed by atoms with Gasteiger partial charge in [0.05, 0.1) is 6.54 Å². The van der Waals surface area contributed by atoms with E-state index >= 15 is 0 Å². The Bertz CT molecular complexity index is 165. The molecule has 0 saturated carbocycles. The van der Waals surface area contributed by atoms with Crippen molar-refractivity contribution in [2.45, 2.75) is 6.18 Å². The minimum Gasteiger partial charge on any atom is -0.316 e. The Morgan fingerprint density at radius 3 is 2.38 bits per heavy atom. The highest BCUT2D eigenvalue weighted by molar-refractivity contribution is 4.99. The highest BCUT2D eigenvalue weighted by Gasteiger charge is 2.28. The minimum absolute atomic E-state index is 0.264. The van der Waals surface area contributed by atoms with Gasteiger partial charge in [0, 0.05) is 13.1 Å². The minimum atomic E-state index is -4.13. The van der Waals surface area contributed by atoms with E-state index in [4.69, 9.17) is 0 Å². The Morgan fingerprint density at radius 2 is 2.00 bits per heavy atom. The molecule has 0 radical (unpaired) electrons. The Kier molecular flexibility index (Phi) is 5.02. The molecule has 13 heavy (non-hydrogen) atoms. The molecule has 5 heteroatoms. The maximum atomic E-state index is 11.9. The third-order valence-corrected chi connectivity index (χ3v) is 1.37. The van der Waals surface area contributed by atoms with Gasteiger partial charge in [-0.2, -0.15) is 13.2 Å². The van der Waals surface area contributed by atoms with Crippen molar-refractivity contribution < 1.29 is 13.2 Å². The topological polar surface area (TPSA) is 15.3 Å². The Balaban J connectivity index is 3.74. The predicted molar refractivity (Wildman–Crippen MR) is 46.6 cm³/mol.